The lowest BCUT2D eigenvalue weighted by Gasteiger charge is -2.45. The molecule has 1 fully saturated rings. The minimum absolute atomic E-state index is 0.0217. The van der Waals surface area contributed by atoms with Gasteiger partial charge in [0.15, 0.2) is 0 Å². The second-order valence-electron chi connectivity index (χ2n) is 10.5. The summed E-state index contributed by atoms with van der Waals surface area (Å²) in [5, 5.41) is 0. The first-order valence-electron chi connectivity index (χ1n) is 12.9. The quantitative estimate of drug-likeness (QED) is 0.481. The van der Waals surface area contributed by atoms with Crippen molar-refractivity contribution in [3.63, 3.8) is 0 Å². The molecule has 0 radical (unpaired) electrons. The van der Waals surface area contributed by atoms with E-state index in [9.17, 15) is 9.59 Å². The van der Waals surface area contributed by atoms with Crippen LogP contribution in [0.25, 0.3) is 0 Å². The fraction of sp³-hybridized carbons (Fsp3) is 0.704. The summed E-state index contributed by atoms with van der Waals surface area (Å²) in [6, 6.07) is 8.57. The number of carbonyl (C=O) groups is 2. The van der Waals surface area contributed by atoms with E-state index >= 15 is 0 Å². The van der Waals surface area contributed by atoms with Crippen LogP contribution >= 0.6 is 0 Å². The molecule has 2 aliphatic rings. The van der Waals surface area contributed by atoms with Crippen LogP contribution in [0.3, 0.4) is 0 Å². The molecule has 1 aromatic carbocycles. The van der Waals surface area contributed by atoms with Crippen LogP contribution in [-0.4, -0.2) is 54.2 Å². The summed E-state index contributed by atoms with van der Waals surface area (Å²) in [6.07, 6.45) is 9.09. The summed E-state index contributed by atoms with van der Waals surface area (Å²) in [4.78, 5) is 32.2. The van der Waals surface area contributed by atoms with E-state index in [2.05, 4.69) is 18.7 Å². The zero-order chi connectivity index (χ0) is 24.0. The number of fused-ring (bicyclic) bond motifs is 1. The van der Waals surface area contributed by atoms with Gasteiger partial charge in [-0.25, -0.2) is 4.79 Å². The normalized spacial score (nSPS) is 18.1. The predicted molar refractivity (Wildman–Crippen MR) is 135 cm³/mol. The number of nitrogens with zero attached hydrogens (tertiary/aromatic N) is 3. The number of para-hydroxylation sites is 2. The number of ether oxygens (including phenoxy) is 1. The zero-order valence-electron chi connectivity index (χ0n) is 21.3. The lowest BCUT2D eigenvalue weighted by Crippen LogP contribution is -2.55. The van der Waals surface area contributed by atoms with Gasteiger partial charge < -0.3 is 14.5 Å². The molecular weight excluding hydrogens is 414 g/mol. The first-order valence-corrected chi connectivity index (χ1v) is 12.9. The molecule has 1 aromatic rings. The highest BCUT2D eigenvalue weighted by Gasteiger charge is 2.39. The van der Waals surface area contributed by atoms with E-state index in [1.807, 2.05) is 49.9 Å². The topological polar surface area (TPSA) is 53.1 Å². The van der Waals surface area contributed by atoms with Gasteiger partial charge in [-0.2, -0.15) is 0 Å². The Morgan fingerprint density at radius 3 is 2.15 bits per heavy atom. The molecule has 6 nitrogen and oxygen atoms in total. The fourth-order valence-electron chi connectivity index (χ4n) is 5.11. The van der Waals surface area contributed by atoms with Gasteiger partial charge in [0.1, 0.15) is 12.1 Å². The Hall–Kier alpha value is -2.08. The first kappa shape index (κ1) is 25.5. The number of anilines is 2. The molecule has 0 spiro atoms. The van der Waals surface area contributed by atoms with Crippen LogP contribution < -0.4 is 9.80 Å². The Morgan fingerprint density at radius 1 is 1.03 bits per heavy atom. The van der Waals surface area contributed by atoms with Gasteiger partial charge in [0.2, 0.25) is 5.91 Å². The second-order valence-corrected chi connectivity index (χ2v) is 10.5. The van der Waals surface area contributed by atoms with Gasteiger partial charge in [-0.15, -0.1) is 0 Å². The number of hydrogen-bond acceptors (Lipinski definition) is 4. The van der Waals surface area contributed by atoms with Crippen molar-refractivity contribution < 1.29 is 14.3 Å². The molecule has 0 bridgehead atoms. The van der Waals surface area contributed by atoms with Crippen LogP contribution in [0.5, 0.6) is 0 Å². The molecule has 6 heteroatoms. The summed E-state index contributed by atoms with van der Waals surface area (Å²) in [5.74, 6) is -0.0217. The summed E-state index contributed by atoms with van der Waals surface area (Å²) >= 11 is 0. The molecule has 1 saturated heterocycles. The summed E-state index contributed by atoms with van der Waals surface area (Å²) in [5.41, 5.74) is 0.981. The van der Waals surface area contributed by atoms with Gasteiger partial charge in [-0.1, -0.05) is 51.7 Å². The van der Waals surface area contributed by atoms with Crippen molar-refractivity contribution in [2.24, 2.45) is 0 Å². The lowest BCUT2D eigenvalue weighted by atomic mass is 9.95. The molecule has 0 atom stereocenters. The monoisotopic (exact) mass is 457 g/mol. The zero-order valence-corrected chi connectivity index (χ0v) is 21.3. The number of hydrogen-bond donors (Lipinski definition) is 0. The van der Waals surface area contributed by atoms with Crippen molar-refractivity contribution >= 4 is 23.4 Å². The maximum Gasteiger partial charge on any atom is 0.415 e. The smallest absolute Gasteiger partial charge is 0.415 e. The Morgan fingerprint density at radius 2 is 1.61 bits per heavy atom. The molecule has 33 heavy (non-hydrogen) atoms. The van der Waals surface area contributed by atoms with Crippen LogP contribution in [-0.2, 0) is 9.53 Å². The standard InChI is InChI=1S/C27H43N3O3/c1-6-8-12-21(13-9-7-2)28-18-16-22(17-19-28)30-24-15-11-10-14-23(24)29(20-25(30)31)26(32)33-27(3,4)5/h10-11,14-15,21-22H,6-9,12-13,16-20H2,1-5H3. The third kappa shape index (κ3) is 6.50. The van der Waals surface area contributed by atoms with Crippen LogP contribution in [0.15, 0.2) is 24.3 Å². The number of amides is 2. The Balaban J connectivity index is 1.72. The van der Waals surface area contributed by atoms with Gasteiger partial charge in [0, 0.05) is 25.2 Å². The molecule has 0 aliphatic carbocycles. The van der Waals surface area contributed by atoms with E-state index < -0.39 is 11.7 Å². The van der Waals surface area contributed by atoms with Gasteiger partial charge in [0.25, 0.3) is 0 Å². The van der Waals surface area contributed by atoms with E-state index in [0.717, 1.165) is 37.3 Å². The summed E-state index contributed by atoms with van der Waals surface area (Å²) in [6.45, 7) is 12.2. The highest BCUT2D eigenvalue weighted by atomic mass is 16.6. The molecule has 0 unspecified atom stereocenters. The lowest BCUT2D eigenvalue weighted by molar-refractivity contribution is -0.118. The van der Waals surface area contributed by atoms with E-state index in [0.29, 0.717) is 6.04 Å². The second kappa shape index (κ2) is 11.4. The number of likely N-dealkylation sites (tertiary alicyclic amines) is 1. The van der Waals surface area contributed by atoms with E-state index in [-0.39, 0.29) is 18.5 Å². The van der Waals surface area contributed by atoms with Crippen LogP contribution in [0.1, 0.15) is 86.0 Å². The molecular formula is C27H43N3O3. The molecule has 184 valence electrons. The maximum atomic E-state index is 13.3. The fourth-order valence-corrected chi connectivity index (χ4v) is 5.11. The van der Waals surface area contributed by atoms with Crippen molar-refractivity contribution in [1.29, 1.82) is 0 Å². The Bertz CT molecular complexity index is 788. The maximum absolute atomic E-state index is 13.3. The number of benzene rings is 1. The largest absolute Gasteiger partial charge is 0.443 e. The van der Waals surface area contributed by atoms with Crippen molar-refractivity contribution in [1.82, 2.24) is 4.90 Å². The van der Waals surface area contributed by atoms with E-state index in [1.54, 1.807) is 0 Å². The number of rotatable bonds is 8. The molecule has 2 amide bonds. The molecule has 2 heterocycles. The van der Waals surface area contributed by atoms with Crippen LogP contribution in [0.2, 0.25) is 0 Å². The molecule has 0 N–H and O–H groups in total. The minimum atomic E-state index is -0.606. The van der Waals surface area contributed by atoms with Gasteiger partial charge in [0.05, 0.1) is 11.4 Å². The number of piperidine rings is 1. The molecule has 2 aliphatic heterocycles. The number of unbranched alkanes of at least 4 members (excludes halogenated alkanes) is 2. The van der Waals surface area contributed by atoms with Gasteiger partial charge in [-0.05, 0) is 58.6 Å². The third-order valence-electron chi connectivity index (χ3n) is 6.77. The summed E-state index contributed by atoms with van der Waals surface area (Å²) < 4.78 is 5.58. The third-order valence-corrected chi connectivity index (χ3v) is 6.77. The Kier molecular flexibility index (Phi) is 8.80. The van der Waals surface area contributed by atoms with Crippen molar-refractivity contribution in [3.8, 4) is 0 Å². The van der Waals surface area contributed by atoms with Crippen molar-refractivity contribution in [3.05, 3.63) is 24.3 Å². The SMILES string of the molecule is CCCCC(CCCC)N1CCC(N2C(=O)CN(C(=O)OC(C)(C)C)c3ccccc32)CC1. The molecule has 3 rings (SSSR count). The average molecular weight is 458 g/mol. The van der Waals surface area contributed by atoms with E-state index in [1.165, 1.54) is 43.4 Å². The highest BCUT2D eigenvalue weighted by Crippen LogP contribution is 2.37. The van der Waals surface area contributed by atoms with Gasteiger partial charge >= 0.3 is 6.09 Å². The average Bonchev–Trinajstić information content (AvgIpc) is 2.78. The summed E-state index contributed by atoms with van der Waals surface area (Å²) in [7, 11) is 0. The number of carbonyl (C=O) groups excluding carboxylic acids is 2. The minimum Gasteiger partial charge on any atom is -0.443 e. The van der Waals surface area contributed by atoms with Crippen molar-refractivity contribution in [2.45, 2.75) is 104 Å². The van der Waals surface area contributed by atoms with Crippen LogP contribution in [0, 0.1) is 0 Å². The van der Waals surface area contributed by atoms with Crippen molar-refractivity contribution in [2.75, 3.05) is 29.4 Å². The van der Waals surface area contributed by atoms with E-state index in [4.69, 9.17) is 4.74 Å². The van der Waals surface area contributed by atoms with Crippen LogP contribution in [0.4, 0.5) is 16.2 Å². The first-order chi connectivity index (χ1) is 15.7. The van der Waals surface area contributed by atoms with Gasteiger partial charge in [-0.3, -0.25) is 9.69 Å². The predicted octanol–water partition coefficient (Wildman–Crippen LogP) is 5.99. The molecule has 0 aromatic heterocycles. The highest BCUT2D eigenvalue weighted by molar-refractivity contribution is 6.10. The molecule has 0 saturated carbocycles. The Labute approximate surface area is 200 Å².